The van der Waals surface area contributed by atoms with Gasteiger partial charge in [-0.2, -0.15) is 0 Å². The second kappa shape index (κ2) is 4.31. The van der Waals surface area contributed by atoms with Crippen molar-refractivity contribution in [3.8, 4) is 11.4 Å². The van der Waals surface area contributed by atoms with Gasteiger partial charge in [0.1, 0.15) is 6.33 Å². The Balaban J connectivity index is 2.49. The first-order chi connectivity index (χ1) is 7.29. The van der Waals surface area contributed by atoms with Gasteiger partial charge < -0.3 is 0 Å². The van der Waals surface area contributed by atoms with Crippen LogP contribution in [0.2, 0.25) is 0 Å². The van der Waals surface area contributed by atoms with Crippen LogP contribution in [-0.2, 0) is 5.88 Å². The summed E-state index contributed by atoms with van der Waals surface area (Å²) < 4.78 is 0. The number of halogens is 1. The molecule has 0 radical (unpaired) electrons. The predicted molar refractivity (Wildman–Crippen MR) is 57.4 cm³/mol. The fraction of sp³-hybridized carbons (Fsp3) is 0.200. The maximum absolute atomic E-state index is 5.74. The third-order valence-electron chi connectivity index (χ3n) is 1.86. The van der Waals surface area contributed by atoms with Crippen LogP contribution in [0.4, 0.5) is 0 Å². The highest BCUT2D eigenvalue weighted by Gasteiger charge is 2.04. The van der Waals surface area contributed by atoms with Gasteiger partial charge in [-0.05, 0) is 13.0 Å². The quantitative estimate of drug-likeness (QED) is 0.727. The van der Waals surface area contributed by atoms with E-state index in [1.165, 1.54) is 6.33 Å². The smallest absolute Gasteiger partial charge is 0.162 e. The Kier molecular flexibility index (Phi) is 2.87. The van der Waals surface area contributed by atoms with Gasteiger partial charge in [0.25, 0.3) is 0 Å². The first-order valence-corrected chi connectivity index (χ1v) is 4.99. The highest BCUT2D eigenvalue weighted by Crippen LogP contribution is 2.14. The molecule has 0 aliphatic carbocycles. The van der Waals surface area contributed by atoms with Crippen LogP contribution in [0.1, 0.15) is 11.4 Å². The van der Waals surface area contributed by atoms with Crippen LogP contribution in [0.15, 0.2) is 24.8 Å². The minimum atomic E-state index is 0.379. The van der Waals surface area contributed by atoms with Crippen molar-refractivity contribution in [3.63, 3.8) is 0 Å². The Bertz CT molecular complexity index is 458. The van der Waals surface area contributed by atoms with E-state index in [2.05, 4.69) is 19.9 Å². The predicted octanol–water partition coefficient (Wildman–Crippen LogP) is 1.98. The van der Waals surface area contributed by atoms with Gasteiger partial charge in [-0.25, -0.2) is 19.9 Å². The van der Waals surface area contributed by atoms with Crippen LogP contribution in [0, 0.1) is 6.92 Å². The normalized spacial score (nSPS) is 10.3. The molecule has 2 rings (SSSR count). The third kappa shape index (κ3) is 2.27. The molecule has 76 valence electrons. The standard InChI is InChI=1S/C10H9ClN4/c1-7-2-9(3-11)15-10(14-7)8-4-12-6-13-5-8/h2,4-6H,3H2,1H3. The van der Waals surface area contributed by atoms with Crippen molar-refractivity contribution in [2.75, 3.05) is 0 Å². The SMILES string of the molecule is Cc1cc(CCl)nc(-c2cncnc2)n1. The van der Waals surface area contributed by atoms with Crippen molar-refractivity contribution >= 4 is 11.6 Å². The molecule has 0 unspecified atom stereocenters. The molecule has 4 nitrogen and oxygen atoms in total. The summed E-state index contributed by atoms with van der Waals surface area (Å²) in [7, 11) is 0. The zero-order chi connectivity index (χ0) is 10.7. The molecule has 0 N–H and O–H groups in total. The van der Waals surface area contributed by atoms with Gasteiger partial charge in [0.2, 0.25) is 0 Å². The molecule has 0 aromatic carbocycles. The summed E-state index contributed by atoms with van der Waals surface area (Å²) in [4.78, 5) is 16.4. The van der Waals surface area contributed by atoms with Gasteiger partial charge in [0.05, 0.1) is 17.1 Å². The Morgan fingerprint density at radius 2 is 1.93 bits per heavy atom. The van der Waals surface area contributed by atoms with Crippen LogP contribution >= 0.6 is 11.6 Å². The first-order valence-electron chi connectivity index (χ1n) is 4.45. The minimum absolute atomic E-state index is 0.379. The highest BCUT2D eigenvalue weighted by atomic mass is 35.5. The van der Waals surface area contributed by atoms with Gasteiger partial charge in [0, 0.05) is 18.1 Å². The summed E-state index contributed by atoms with van der Waals surface area (Å²) in [6, 6.07) is 1.86. The summed E-state index contributed by atoms with van der Waals surface area (Å²) in [6.45, 7) is 1.91. The Labute approximate surface area is 92.4 Å². The van der Waals surface area contributed by atoms with Crippen LogP contribution in [0.25, 0.3) is 11.4 Å². The molecule has 0 aliphatic rings. The van der Waals surface area contributed by atoms with E-state index in [1.807, 2.05) is 13.0 Å². The number of rotatable bonds is 2. The van der Waals surface area contributed by atoms with Crippen molar-refractivity contribution in [2.45, 2.75) is 12.8 Å². The number of alkyl halides is 1. The molecule has 0 atom stereocenters. The summed E-state index contributed by atoms with van der Waals surface area (Å²) in [5.74, 6) is 0.996. The molecular weight excluding hydrogens is 212 g/mol. The maximum atomic E-state index is 5.74. The lowest BCUT2D eigenvalue weighted by Gasteiger charge is -2.02. The maximum Gasteiger partial charge on any atom is 0.162 e. The van der Waals surface area contributed by atoms with E-state index >= 15 is 0 Å². The molecule has 2 heterocycles. The highest BCUT2D eigenvalue weighted by molar-refractivity contribution is 6.16. The second-order valence-electron chi connectivity index (χ2n) is 3.09. The number of aryl methyl sites for hydroxylation is 1. The lowest BCUT2D eigenvalue weighted by molar-refractivity contribution is 1.04. The summed E-state index contributed by atoms with van der Waals surface area (Å²) in [5.41, 5.74) is 2.50. The lowest BCUT2D eigenvalue weighted by atomic mass is 10.3. The van der Waals surface area contributed by atoms with E-state index in [0.29, 0.717) is 11.7 Å². The van der Waals surface area contributed by atoms with Crippen molar-refractivity contribution in [3.05, 3.63) is 36.2 Å². The molecule has 2 aromatic heterocycles. The number of hydrogen-bond acceptors (Lipinski definition) is 4. The zero-order valence-corrected chi connectivity index (χ0v) is 8.94. The van der Waals surface area contributed by atoms with E-state index in [-0.39, 0.29) is 0 Å². The average Bonchev–Trinajstić information content (AvgIpc) is 2.29. The zero-order valence-electron chi connectivity index (χ0n) is 8.18. The van der Waals surface area contributed by atoms with Gasteiger partial charge in [-0.15, -0.1) is 11.6 Å². The summed E-state index contributed by atoms with van der Waals surface area (Å²) >= 11 is 5.74. The first kappa shape index (κ1) is 9.98. The van der Waals surface area contributed by atoms with Crippen molar-refractivity contribution in [1.29, 1.82) is 0 Å². The topological polar surface area (TPSA) is 51.6 Å². The molecule has 0 saturated heterocycles. The van der Waals surface area contributed by atoms with E-state index < -0.39 is 0 Å². The van der Waals surface area contributed by atoms with Crippen molar-refractivity contribution < 1.29 is 0 Å². The average molecular weight is 221 g/mol. The van der Waals surface area contributed by atoms with Gasteiger partial charge in [-0.1, -0.05) is 0 Å². The Morgan fingerprint density at radius 1 is 1.20 bits per heavy atom. The molecular formula is C10H9ClN4. The van der Waals surface area contributed by atoms with Crippen LogP contribution in [0.5, 0.6) is 0 Å². The monoisotopic (exact) mass is 220 g/mol. The van der Waals surface area contributed by atoms with Gasteiger partial charge in [-0.3, -0.25) is 0 Å². The molecule has 0 saturated carbocycles. The molecule has 0 aliphatic heterocycles. The van der Waals surface area contributed by atoms with Gasteiger partial charge >= 0.3 is 0 Å². The summed E-state index contributed by atoms with van der Waals surface area (Å²) in [5, 5.41) is 0. The van der Waals surface area contributed by atoms with E-state index in [1.54, 1.807) is 12.4 Å². The van der Waals surface area contributed by atoms with E-state index in [4.69, 9.17) is 11.6 Å². The molecule has 0 amide bonds. The fourth-order valence-electron chi connectivity index (χ4n) is 1.25. The summed E-state index contributed by atoms with van der Waals surface area (Å²) in [6.07, 6.45) is 4.83. The molecule has 0 fully saturated rings. The van der Waals surface area contributed by atoms with Crippen LogP contribution < -0.4 is 0 Å². The molecule has 0 bridgehead atoms. The molecule has 5 heteroatoms. The second-order valence-corrected chi connectivity index (χ2v) is 3.35. The number of aromatic nitrogens is 4. The number of nitrogens with zero attached hydrogens (tertiary/aromatic N) is 4. The molecule has 2 aromatic rings. The minimum Gasteiger partial charge on any atom is -0.244 e. The Morgan fingerprint density at radius 3 is 2.60 bits per heavy atom. The molecule has 0 spiro atoms. The lowest BCUT2D eigenvalue weighted by Crippen LogP contribution is -1.96. The van der Waals surface area contributed by atoms with Crippen molar-refractivity contribution in [2.24, 2.45) is 0 Å². The third-order valence-corrected chi connectivity index (χ3v) is 2.14. The van der Waals surface area contributed by atoms with Gasteiger partial charge in [0.15, 0.2) is 5.82 Å². The molecule has 15 heavy (non-hydrogen) atoms. The number of hydrogen-bond donors (Lipinski definition) is 0. The van der Waals surface area contributed by atoms with E-state index in [9.17, 15) is 0 Å². The largest absolute Gasteiger partial charge is 0.244 e. The van der Waals surface area contributed by atoms with E-state index in [0.717, 1.165) is 17.0 Å². The fourth-order valence-corrected chi connectivity index (χ4v) is 1.38. The van der Waals surface area contributed by atoms with Crippen LogP contribution in [-0.4, -0.2) is 19.9 Å². The van der Waals surface area contributed by atoms with Crippen LogP contribution in [0.3, 0.4) is 0 Å². The Hall–Kier alpha value is -1.55. The van der Waals surface area contributed by atoms with Crippen molar-refractivity contribution in [1.82, 2.24) is 19.9 Å².